The summed E-state index contributed by atoms with van der Waals surface area (Å²) in [6.45, 7) is 2.01. The number of allylic oxidation sites excluding steroid dienone is 1. The molecule has 0 heterocycles. The van der Waals surface area contributed by atoms with Gasteiger partial charge in [-0.25, -0.2) is 0 Å². The second kappa shape index (κ2) is 7.06. The van der Waals surface area contributed by atoms with Gasteiger partial charge < -0.3 is 4.74 Å². The number of rotatable bonds is 5. The van der Waals surface area contributed by atoms with Crippen molar-refractivity contribution in [2.45, 2.75) is 6.92 Å². The zero-order valence-electron chi connectivity index (χ0n) is 11.7. The van der Waals surface area contributed by atoms with Crippen molar-refractivity contribution in [3.8, 4) is 11.8 Å². The molecular weight excluding hydrogens is 262 g/mol. The number of hydrogen-bond donors (Lipinski definition) is 0. The van der Waals surface area contributed by atoms with Crippen molar-refractivity contribution >= 4 is 11.9 Å². The maximum atomic E-state index is 12.0. The quantitative estimate of drug-likeness (QED) is 0.617. The highest BCUT2D eigenvalue weighted by atomic mass is 16.5. The first-order chi connectivity index (χ1) is 10.2. The van der Waals surface area contributed by atoms with Crippen LogP contribution in [0.1, 0.15) is 21.5 Å². The molecule has 0 aliphatic heterocycles. The molecule has 0 aromatic heterocycles. The zero-order valence-corrected chi connectivity index (χ0v) is 11.7. The molecule has 0 saturated heterocycles. The van der Waals surface area contributed by atoms with Gasteiger partial charge >= 0.3 is 0 Å². The molecule has 2 rings (SSSR count). The van der Waals surface area contributed by atoms with E-state index in [4.69, 9.17) is 10.00 Å². The largest absolute Gasteiger partial charge is 0.479 e. The second-order valence-corrected chi connectivity index (χ2v) is 4.58. The number of hydrogen-bond acceptors (Lipinski definition) is 3. The lowest BCUT2D eigenvalue weighted by Gasteiger charge is -2.02. The Balaban J connectivity index is 2.05. The van der Waals surface area contributed by atoms with Crippen LogP contribution in [0.25, 0.3) is 6.08 Å². The first kappa shape index (κ1) is 14.5. The van der Waals surface area contributed by atoms with E-state index in [9.17, 15) is 4.79 Å². The van der Waals surface area contributed by atoms with Crippen LogP contribution in [-0.2, 0) is 0 Å². The van der Waals surface area contributed by atoms with Gasteiger partial charge in [-0.05, 0) is 42.8 Å². The molecule has 3 nitrogen and oxygen atoms in total. The highest BCUT2D eigenvalue weighted by Gasteiger charge is 2.02. The Labute approximate surface area is 124 Å². The first-order valence-corrected chi connectivity index (χ1v) is 6.58. The second-order valence-electron chi connectivity index (χ2n) is 4.58. The lowest BCUT2D eigenvalue weighted by Crippen LogP contribution is -1.96. The molecule has 0 aliphatic carbocycles. The smallest absolute Gasteiger partial charge is 0.185 e. The molecule has 0 aliphatic rings. The van der Waals surface area contributed by atoms with Gasteiger partial charge in [-0.2, -0.15) is 5.26 Å². The van der Waals surface area contributed by atoms with E-state index in [0.29, 0.717) is 11.3 Å². The van der Waals surface area contributed by atoms with Crippen LogP contribution < -0.4 is 4.74 Å². The fourth-order valence-electron chi connectivity index (χ4n) is 1.87. The van der Waals surface area contributed by atoms with Crippen molar-refractivity contribution in [3.05, 3.63) is 71.3 Å². The molecule has 0 N–H and O–H groups in total. The van der Waals surface area contributed by atoms with Gasteiger partial charge in [-0.3, -0.25) is 4.79 Å². The standard InChI is InChI=1S/C18H15NO2/c1-14-3-2-4-15(13-14)5-10-18(20)16-6-8-17(9-7-16)21-12-11-19/h2-10,13H,12H2,1H3. The molecule has 104 valence electrons. The SMILES string of the molecule is Cc1cccc(C=CC(=O)c2ccc(OCC#N)cc2)c1. The minimum atomic E-state index is -0.0664. The van der Waals surface area contributed by atoms with Crippen molar-refractivity contribution in [2.24, 2.45) is 0 Å². The molecule has 2 aromatic rings. The van der Waals surface area contributed by atoms with E-state index in [0.717, 1.165) is 11.1 Å². The topological polar surface area (TPSA) is 50.1 Å². The summed E-state index contributed by atoms with van der Waals surface area (Å²) >= 11 is 0. The van der Waals surface area contributed by atoms with E-state index in [-0.39, 0.29) is 12.4 Å². The Morgan fingerprint density at radius 2 is 2.00 bits per heavy atom. The molecule has 0 radical (unpaired) electrons. The van der Waals surface area contributed by atoms with E-state index < -0.39 is 0 Å². The Kier molecular flexibility index (Phi) is 4.89. The van der Waals surface area contributed by atoms with Crippen LogP contribution in [0, 0.1) is 18.3 Å². The van der Waals surface area contributed by atoms with Gasteiger partial charge in [0, 0.05) is 5.56 Å². The molecule has 0 bridgehead atoms. The minimum Gasteiger partial charge on any atom is -0.479 e. The van der Waals surface area contributed by atoms with Crippen LogP contribution in [0.3, 0.4) is 0 Å². The van der Waals surface area contributed by atoms with Crippen LogP contribution in [0.4, 0.5) is 0 Å². The highest BCUT2D eigenvalue weighted by molar-refractivity contribution is 6.06. The summed E-state index contributed by atoms with van der Waals surface area (Å²) in [5.41, 5.74) is 2.74. The van der Waals surface area contributed by atoms with Crippen molar-refractivity contribution in [2.75, 3.05) is 6.61 Å². The van der Waals surface area contributed by atoms with E-state index in [1.807, 2.05) is 37.3 Å². The summed E-state index contributed by atoms with van der Waals surface area (Å²) in [6, 6.07) is 16.6. The van der Waals surface area contributed by atoms with E-state index in [1.54, 1.807) is 36.4 Å². The maximum Gasteiger partial charge on any atom is 0.185 e. The normalized spacial score (nSPS) is 10.3. The minimum absolute atomic E-state index is 0.000550. The molecule has 0 saturated carbocycles. The maximum absolute atomic E-state index is 12.0. The fourth-order valence-corrected chi connectivity index (χ4v) is 1.87. The monoisotopic (exact) mass is 277 g/mol. The van der Waals surface area contributed by atoms with Crippen molar-refractivity contribution in [1.82, 2.24) is 0 Å². The first-order valence-electron chi connectivity index (χ1n) is 6.58. The molecule has 21 heavy (non-hydrogen) atoms. The molecule has 2 aromatic carbocycles. The molecule has 0 amide bonds. The average molecular weight is 277 g/mol. The van der Waals surface area contributed by atoms with Gasteiger partial charge in [0.05, 0.1) is 0 Å². The summed E-state index contributed by atoms with van der Waals surface area (Å²) in [4.78, 5) is 12.0. The van der Waals surface area contributed by atoms with E-state index in [2.05, 4.69) is 0 Å². The van der Waals surface area contributed by atoms with Gasteiger partial charge in [0.2, 0.25) is 0 Å². The van der Waals surface area contributed by atoms with E-state index in [1.165, 1.54) is 0 Å². The van der Waals surface area contributed by atoms with Crippen LogP contribution in [0.5, 0.6) is 5.75 Å². The summed E-state index contributed by atoms with van der Waals surface area (Å²) in [5.74, 6) is 0.513. The Morgan fingerprint density at radius 1 is 1.24 bits per heavy atom. The fraction of sp³-hybridized carbons (Fsp3) is 0.111. The van der Waals surface area contributed by atoms with Gasteiger partial charge in [0.25, 0.3) is 0 Å². The van der Waals surface area contributed by atoms with Crippen molar-refractivity contribution in [3.63, 3.8) is 0 Å². The summed E-state index contributed by atoms with van der Waals surface area (Å²) in [5, 5.41) is 8.43. The number of ether oxygens (including phenoxy) is 1. The molecule has 0 atom stereocenters. The van der Waals surface area contributed by atoms with Crippen LogP contribution in [0.15, 0.2) is 54.6 Å². The summed E-state index contributed by atoms with van der Waals surface area (Å²) in [7, 11) is 0. The summed E-state index contributed by atoms with van der Waals surface area (Å²) in [6.07, 6.45) is 3.36. The average Bonchev–Trinajstić information content (AvgIpc) is 2.51. The predicted molar refractivity (Wildman–Crippen MR) is 82.1 cm³/mol. The number of carbonyl (C=O) groups is 1. The Hall–Kier alpha value is -2.86. The van der Waals surface area contributed by atoms with Gasteiger partial charge in [0.15, 0.2) is 12.4 Å². The molecule has 3 heteroatoms. The van der Waals surface area contributed by atoms with Crippen molar-refractivity contribution in [1.29, 1.82) is 5.26 Å². The summed E-state index contributed by atoms with van der Waals surface area (Å²) < 4.78 is 5.14. The molecule has 0 fully saturated rings. The Morgan fingerprint density at radius 3 is 2.67 bits per heavy atom. The van der Waals surface area contributed by atoms with E-state index >= 15 is 0 Å². The van der Waals surface area contributed by atoms with Gasteiger partial charge in [-0.1, -0.05) is 35.9 Å². The lowest BCUT2D eigenvalue weighted by molar-refractivity contribution is 0.104. The third-order valence-corrected chi connectivity index (χ3v) is 2.91. The van der Waals surface area contributed by atoms with Gasteiger partial charge in [0.1, 0.15) is 11.8 Å². The van der Waals surface area contributed by atoms with Crippen LogP contribution in [0.2, 0.25) is 0 Å². The zero-order chi connectivity index (χ0) is 15.1. The number of aryl methyl sites for hydroxylation is 1. The molecule has 0 spiro atoms. The van der Waals surface area contributed by atoms with Crippen molar-refractivity contribution < 1.29 is 9.53 Å². The van der Waals surface area contributed by atoms with Crippen LogP contribution >= 0.6 is 0 Å². The highest BCUT2D eigenvalue weighted by Crippen LogP contribution is 2.13. The third-order valence-electron chi connectivity index (χ3n) is 2.91. The lowest BCUT2D eigenvalue weighted by atomic mass is 10.1. The molecule has 0 unspecified atom stereocenters. The van der Waals surface area contributed by atoms with Crippen LogP contribution in [-0.4, -0.2) is 12.4 Å². The number of nitrogens with zero attached hydrogens (tertiary/aromatic N) is 1. The third kappa shape index (κ3) is 4.32. The predicted octanol–water partition coefficient (Wildman–Crippen LogP) is 3.79. The number of ketones is 1. The molecular formula is C18H15NO2. The number of carbonyl (C=O) groups excluding carboxylic acids is 1. The Bertz CT molecular complexity index is 694. The number of benzene rings is 2. The number of nitriles is 1. The van der Waals surface area contributed by atoms with Gasteiger partial charge in [-0.15, -0.1) is 0 Å².